The van der Waals surface area contributed by atoms with E-state index in [4.69, 9.17) is 18.0 Å². The summed E-state index contributed by atoms with van der Waals surface area (Å²) in [4.78, 5) is 14.1. The molecule has 0 aliphatic carbocycles. The van der Waals surface area contributed by atoms with E-state index in [-0.39, 0.29) is 22.8 Å². The Morgan fingerprint density at radius 2 is 2.35 bits per heavy atom. The number of amides is 1. The Labute approximate surface area is 123 Å². The summed E-state index contributed by atoms with van der Waals surface area (Å²) in [6.45, 7) is 3.77. The van der Waals surface area contributed by atoms with E-state index in [2.05, 4.69) is 5.32 Å². The summed E-state index contributed by atoms with van der Waals surface area (Å²) in [6.07, 6.45) is 0.712. The van der Waals surface area contributed by atoms with Crippen LogP contribution >= 0.6 is 12.2 Å². The minimum atomic E-state index is -0.325. The van der Waals surface area contributed by atoms with Crippen molar-refractivity contribution in [3.8, 4) is 0 Å². The topological polar surface area (TPSA) is 58.4 Å². The van der Waals surface area contributed by atoms with Gasteiger partial charge in [-0.05, 0) is 30.2 Å². The second-order valence-electron chi connectivity index (χ2n) is 4.85. The highest BCUT2D eigenvalue weighted by Crippen LogP contribution is 2.18. The van der Waals surface area contributed by atoms with Crippen LogP contribution in [0.1, 0.15) is 24.5 Å². The van der Waals surface area contributed by atoms with Crippen molar-refractivity contribution in [1.29, 1.82) is 0 Å². The third-order valence-electron chi connectivity index (χ3n) is 3.53. The molecular formula is C14H18FN3OS. The van der Waals surface area contributed by atoms with Crippen LogP contribution in [-0.4, -0.2) is 34.9 Å². The van der Waals surface area contributed by atoms with Crippen molar-refractivity contribution in [1.82, 2.24) is 10.2 Å². The molecule has 0 radical (unpaired) electrons. The fourth-order valence-corrected chi connectivity index (χ4v) is 2.75. The average molecular weight is 295 g/mol. The molecule has 1 heterocycles. The van der Waals surface area contributed by atoms with Crippen molar-refractivity contribution >= 4 is 23.1 Å². The number of thiocarbonyl (C=S) groups is 1. The van der Waals surface area contributed by atoms with Crippen molar-refractivity contribution < 1.29 is 9.18 Å². The molecular weight excluding hydrogens is 277 g/mol. The zero-order chi connectivity index (χ0) is 14.7. The highest BCUT2D eigenvalue weighted by molar-refractivity contribution is 7.80. The smallest absolute Gasteiger partial charge is 0.237 e. The third-order valence-corrected chi connectivity index (χ3v) is 3.75. The van der Waals surface area contributed by atoms with Crippen molar-refractivity contribution in [3.05, 3.63) is 35.1 Å². The van der Waals surface area contributed by atoms with Crippen molar-refractivity contribution in [2.45, 2.75) is 25.9 Å². The maximum atomic E-state index is 13.4. The van der Waals surface area contributed by atoms with E-state index in [9.17, 15) is 9.18 Å². The highest BCUT2D eigenvalue weighted by Gasteiger charge is 2.28. The zero-order valence-electron chi connectivity index (χ0n) is 11.4. The van der Waals surface area contributed by atoms with E-state index in [0.29, 0.717) is 25.1 Å². The molecule has 2 rings (SSSR count). The Bertz CT molecular complexity index is 535. The number of hydrogen-bond donors (Lipinski definition) is 2. The van der Waals surface area contributed by atoms with Crippen LogP contribution in [0.4, 0.5) is 4.39 Å². The fourth-order valence-electron chi connectivity index (χ4n) is 2.55. The van der Waals surface area contributed by atoms with E-state index in [1.807, 2.05) is 11.8 Å². The van der Waals surface area contributed by atoms with Crippen LogP contribution in [0.3, 0.4) is 0 Å². The Hall–Kier alpha value is -1.53. The molecule has 3 N–H and O–H groups in total. The van der Waals surface area contributed by atoms with Gasteiger partial charge in [0.15, 0.2) is 0 Å². The lowest BCUT2D eigenvalue weighted by Crippen LogP contribution is -2.54. The van der Waals surface area contributed by atoms with E-state index in [1.54, 1.807) is 6.07 Å². The molecule has 1 aromatic carbocycles. The molecule has 6 heteroatoms. The van der Waals surface area contributed by atoms with E-state index in [1.165, 1.54) is 12.1 Å². The predicted octanol–water partition coefficient (Wildman–Crippen LogP) is 1.17. The van der Waals surface area contributed by atoms with Gasteiger partial charge in [0.25, 0.3) is 0 Å². The Kier molecular flexibility index (Phi) is 4.67. The lowest BCUT2D eigenvalue weighted by Gasteiger charge is -2.34. The standard InChI is InChI=1S/C14H18FN3OS/c1-2-12-14(19)17-5-6-18(12)8-9-7-10(15)3-4-11(9)13(16)20/h3-4,7,12H,2,5-6,8H2,1H3,(H2,16,20)(H,17,19). The van der Waals surface area contributed by atoms with Gasteiger partial charge in [-0.15, -0.1) is 0 Å². The molecule has 1 atom stereocenters. The highest BCUT2D eigenvalue weighted by atomic mass is 32.1. The van der Waals surface area contributed by atoms with Crippen LogP contribution < -0.4 is 11.1 Å². The van der Waals surface area contributed by atoms with Crippen LogP contribution in [-0.2, 0) is 11.3 Å². The Balaban J connectivity index is 2.26. The van der Waals surface area contributed by atoms with Crippen LogP contribution in [0.2, 0.25) is 0 Å². The van der Waals surface area contributed by atoms with Gasteiger partial charge in [-0.1, -0.05) is 19.1 Å². The van der Waals surface area contributed by atoms with Gasteiger partial charge in [0.05, 0.1) is 6.04 Å². The molecule has 0 saturated carbocycles. The van der Waals surface area contributed by atoms with Gasteiger partial charge >= 0.3 is 0 Å². The number of hydrogen-bond acceptors (Lipinski definition) is 3. The second-order valence-corrected chi connectivity index (χ2v) is 5.29. The quantitative estimate of drug-likeness (QED) is 0.819. The molecule has 1 aromatic rings. The number of carbonyl (C=O) groups excluding carboxylic acids is 1. The van der Waals surface area contributed by atoms with Gasteiger partial charge in [-0.25, -0.2) is 4.39 Å². The first-order valence-corrected chi connectivity index (χ1v) is 7.03. The molecule has 4 nitrogen and oxygen atoms in total. The maximum Gasteiger partial charge on any atom is 0.237 e. The molecule has 0 bridgehead atoms. The first-order valence-electron chi connectivity index (χ1n) is 6.63. The molecule has 0 aromatic heterocycles. The van der Waals surface area contributed by atoms with Crippen molar-refractivity contribution in [2.75, 3.05) is 13.1 Å². The fraction of sp³-hybridized carbons (Fsp3) is 0.429. The van der Waals surface area contributed by atoms with Crippen LogP contribution in [0.5, 0.6) is 0 Å². The van der Waals surface area contributed by atoms with Gasteiger partial charge in [-0.3, -0.25) is 9.69 Å². The minimum absolute atomic E-state index is 0.0204. The third kappa shape index (κ3) is 3.13. The number of nitrogens with zero attached hydrogens (tertiary/aromatic N) is 1. The summed E-state index contributed by atoms with van der Waals surface area (Å²) in [5, 5.41) is 2.84. The summed E-state index contributed by atoms with van der Waals surface area (Å²) in [6, 6.07) is 4.19. The van der Waals surface area contributed by atoms with Crippen LogP contribution in [0, 0.1) is 5.82 Å². The summed E-state index contributed by atoms with van der Waals surface area (Å²) >= 11 is 5.00. The molecule has 108 valence electrons. The molecule has 1 unspecified atom stereocenters. The lowest BCUT2D eigenvalue weighted by molar-refractivity contribution is -0.129. The summed E-state index contributed by atoms with van der Waals surface area (Å²) in [7, 11) is 0. The Morgan fingerprint density at radius 3 is 3.00 bits per heavy atom. The molecule has 1 fully saturated rings. The summed E-state index contributed by atoms with van der Waals surface area (Å²) in [5.41, 5.74) is 7.07. The minimum Gasteiger partial charge on any atom is -0.389 e. The monoisotopic (exact) mass is 295 g/mol. The summed E-state index contributed by atoms with van der Waals surface area (Å²) in [5.74, 6) is -0.304. The number of halogens is 1. The molecule has 1 amide bonds. The normalized spacial score (nSPS) is 19.7. The predicted molar refractivity (Wildman–Crippen MR) is 79.8 cm³/mol. The van der Waals surface area contributed by atoms with Crippen LogP contribution in [0.25, 0.3) is 0 Å². The van der Waals surface area contributed by atoms with Crippen molar-refractivity contribution in [3.63, 3.8) is 0 Å². The van der Waals surface area contributed by atoms with E-state index < -0.39 is 0 Å². The number of nitrogens with one attached hydrogen (secondary N) is 1. The first-order chi connectivity index (χ1) is 9.52. The van der Waals surface area contributed by atoms with Gasteiger partial charge < -0.3 is 11.1 Å². The maximum absolute atomic E-state index is 13.4. The van der Waals surface area contributed by atoms with Crippen LogP contribution in [0.15, 0.2) is 18.2 Å². The number of carbonyl (C=O) groups is 1. The molecule has 1 aliphatic heterocycles. The molecule has 20 heavy (non-hydrogen) atoms. The van der Waals surface area contributed by atoms with E-state index in [0.717, 1.165) is 12.1 Å². The molecule has 1 saturated heterocycles. The van der Waals surface area contributed by atoms with E-state index >= 15 is 0 Å². The summed E-state index contributed by atoms with van der Waals surface area (Å²) < 4.78 is 13.4. The zero-order valence-corrected chi connectivity index (χ0v) is 12.2. The number of nitrogens with two attached hydrogens (primary N) is 1. The van der Waals surface area contributed by atoms with Gasteiger partial charge in [0, 0.05) is 25.2 Å². The molecule has 0 spiro atoms. The number of benzene rings is 1. The van der Waals surface area contributed by atoms with Crippen molar-refractivity contribution in [2.24, 2.45) is 5.73 Å². The largest absolute Gasteiger partial charge is 0.389 e. The number of piperazine rings is 1. The van der Waals surface area contributed by atoms with Gasteiger partial charge in [0.1, 0.15) is 10.8 Å². The van der Waals surface area contributed by atoms with Gasteiger partial charge in [0.2, 0.25) is 5.91 Å². The number of rotatable bonds is 4. The lowest BCUT2D eigenvalue weighted by atomic mass is 10.0. The SMILES string of the molecule is CCC1C(=O)NCCN1Cc1cc(F)ccc1C(N)=S. The average Bonchev–Trinajstić information content (AvgIpc) is 2.38. The molecule has 1 aliphatic rings. The first kappa shape index (κ1) is 14.9. The Morgan fingerprint density at radius 1 is 1.60 bits per heavy atom. The van der Waals surface area contributed by atoms with Gasteiger partial charge in [-0.2, -0.15) is 0 Å². The second kappa shape index (κ2) is 6.28.